The van der Waals surface area contributed by atoms with Crippen LogP contribution in [0, 0.1) is 0 Å². The highest BCUT2D eigenvalue weighted by molar-refractivity contribution is 4.84. The molecule has 0 aromatic rings. The molecule has 0 aliphatic heterocycles. The van der Waals surface area contributed by atoms with Gasteiger partial charge in [0.25, 0.3) is 0 Å². The van der Waals surface area contributed by atoms with Crippen LogP contribution in [0.3, 0.4) is 0 Å². The van der Waals surface area contributed by atoms with Gasteiger partial charge in [0, 0.05) is 18.1 Å². The SMILES string of the molecule is CC(C)N[C@H]1CCCC[C@@H]1N. The minimum absolute atomic E-state index is 0.395. The molecule has 0 spiro atoms. The van der Waals surface area contributed by atoms with Crippen LogP contribution in [0.4, 0.5) is 0 Å². The molecular weight excluding hydrogens is 136 g/mol. The largest absolute Gasteiger partial charge is 0.326 e. The number of nitrogens with two attached hydrogens (primary N) is 1. The Kier molecular flexibility index (Phi) is 3.34. The fraction of sp³-hybridized carbons (Fsp3) is 1.00. The van der Waals surface area contributed by atoms with Crippen molar-refractivity contribution in [2.45, 2.75) is 57.7 Å². The number of rotatable bonds is 2. The average molecular weight is 156 g/mol. The van der Waals surface area contributed by atoms with E-state index in [0.29, 0.717) is 18.1 Å². The van der Waals surface area contributed by atoms with Crippen LogP contribution in [0.1, 0.15) is 39.5 Å². The molecule has 0 unspecified atom stereocenters. The highest BCUT2D eigenvalue weighted by atomic mass is 15.0. The summed E-state index contributed by atoms with van der Waals surface area (Å²) in [6.07, 6.45) is 5.12. The second-order valence-electron chi connectivity index (χ2n) is 3.88. The van der Waals surface area contributed by atoms with Crippen molar-refractivity contribution in [1.29, 1.82) is 0 Å². The van der Waals surface area contributed by atoms with Gasteiger partial charge in [-0.25, -0.2) is 0 Å². The van der Waals surface area contributed by atoms with E-state index in [-0.39, 0.29) is 0 Å². The molecule has 0 aromatic heterocycles. The zero-order valence-corrected chi connectivity index (χ0v) is 7.64. The molecule has 2 nitrogen and oxygen atoms in total. The van der Waals surface area contributed by atoms with Crippen molar-refractivity contribution in [3.05, 3.63) is 0 Å². The summed E-state index contributed by atoms with van der Waals surface area (Å²) in [5, 5.41) is 3.51. The zero-order chi connectivity index (χ0) is 8.27. The van der Waals surface area contributed by atoms with Crippen molar-refractivity contribution < 1.29 is 0 Å². The molecular formula is C9H20N2. The van der Waals surface area contributed by atoms with E-state index in [0.717, 1.165) is 0 Å². The smallest absolute Gasteiger partial charge is 0.0221 e. The fourth-order valence-electron chi connectivity index (χ4n) is 1.79. The van der Waals surface area contributed by atoms with E-state index in [2.05, 4.69) is 19.2 Å². The maximum absolute atomic E-state index is 5.96. The van der Waals surface area contributed by atoms with Gasteiger partial charge in [-0.1, -0.05) is 26.7 Å². The molecule has 0 saturated heterocycles. The summed E-state index contributed by atoms with van der Waals surface area (Å²) < 4.78 is 0. The molecule has 2 atom stereocenters. The van der Waals surface area contributed by atoms with Gasteiger partial charge in [0.05, 0.1) is 0 Å². The monoisotopic (exact) mass is 156 g/mol. The van der Waals surface area contributed by atoms with Gasteiger partial charge < -0.3 is 11.1 Å². The van der Waals surface area contributed by atoms with Crippen LogP contribution in [0.2, 0.25) is 0 Å². The standard InChI is InChI=1S/C9H20N2/c1-7(2)11-9-6-4-3-5-8(9)10/h7-9,11H,3-6,10H2,1-2H3/t8-,9-/m0/s1. The van der Waals surface area contributed by atoms with Gasteiger partial charge >= 0.3 is 0 Å². The molecule has 1 fully saturated rings. The Bertz CT molecular complexity index is 112. The zero-order valence-electron chi connectivity index (χ0n) is 7.64. The molecule has 0 heterocycles. The van der Waals surface area contributed by atoms with E-state index in [1.807, 2.05) is 0 Å². The number of nitrogens with one attached hydrogen (secondary N) is 1. The van der Waals surface area contributed by atoms with Gasteiger partial charge in [-0.2, -0.15) is 0 Å². The van der Waals surface area contributed by atoms with Gasteiger partial charge in [-0.15, -0.1) is 0 Å². The van der Waals surface area contributed by atoms with Crippen LogP contribution in [-0.4, -0.2) is 18.1 Å². The normalized spacial score (nSPS) is 32.7. The third-order valence-electron chi connectivity index (χ3n) is 2.37. The van der Waals surface area contributed by atoms with Crippen LogP contribution >= 0.6 is 0 Å². The minimum atomic E-state index is 0.395. The third-order valence-corrected chi connectivity index (χ3v) is 2.37. The van der Waals surface area contributed by atoms with Crippen LogP contribution < -0.4 is 11.1 Å². The van der Waals surface area contributed by atoms with Gasteiger partial charge in [-0.3, -0.25) is 0 Å². The van der Waals surface area contributed by atoms with Crippen LogP contribution in [0.25, 0.3) is 0 Å². The topological polar surface area (TPSA) is 38.0 Å². The fourth-order valence-corrected chi connectivity index (χ4v) is 1.79. The molecule has 0 bridgehead atoms. The average Bonchev–Trinajstić information content (AvgIpc) is 1.93. The Labute approximate surface area is 69.5 Å². The highest BCUT2D eigenvalue weighted by Gasteiger charge is 2.21. The molecule has 66 valence electrons. The molecule has 2 heteroatoms. The van der Waals surface area contributed by atoms with Crippen LogP contribution in [0.5, 0.6) is 0 Å². The van der Waals surface area contributed by atoms with Crippen molar-refractivity contribution in [2.75, 3.05) is 0 Å². The molecule has 0 aromatic carbocycles. The summed E-state index contributed by atoms with van der Waals surface area (Å²) in [5.41, 5.74) is 5.96. The second-order valence-corrected chi connectivity index (χ2v) is 3.88. The molecule has 1 rings (SSSR count). The van der Waals surface area contributed by atoms with Crippen molar-refractivity contribution in [3.63, 3.8) is 0 Å². The Balaban J connectivity index is 2.29. The predicted octanol–water partition coefficient (Wildman–Crippen LogP) is 1.25. The Morgan fingerprint density at radius 2 is 1.91 bits per heavy atom. The first-order valence-electron chi connectivity index (χ1n) is 4.72. The van der Waals surface area contributed by atoms with Gasteiger partial charge in [-0.05, 0) is 12.8 Å². The Morgan fingerprint density at radius 3 is 2.45 bits per heavy atom. The van der Waals surface area contributed by atoms with Crippen LogP contribution in [0.15, 0.2) is 0 Å². The lowest BCUT2D eigenvalue weighted by atomic mass is 9.90. The van der Waals surface area contributed by atoms with E-state index < -0.39 is 0 Å². The predicted molar refractivity (Wildman–Crippen MR) is 48.5 cm³/mol. The Morgan fingerprint density at radius 1 is 1.27 bits per heavy atom. The summed E-state index contributed by atoms with van der Waals surface area (Å²) in [6.45, 7) is 4.36. The van der Waals surface area contributed by atoms with E-state index in [1.165, 1.54) is 25.7 Å². The summed E-state index contributed by atoms with van der Waals surface area (Å²) in [4.78, 5) is 0. The third kappa shape index (κ3) is 2.80. The second kappa shape index (κ2) is 4.07. The molecule has 11 heavy (non-hydrogen) atoms. The minimum Gasteiger partial charge on any atom is -0.326 e. The van der Waals surface area contributed by atoms with Gasteiger partial charge in [0.15, 0.2) is 0 Å². The molecule has 0 radical (unpaired) electrons. The summed E-state index contributed by atoms with van der Waals surface area (Å²) in [7, 11) is 0. The molecule has 1 aliphatic carbocycles. The van der Waals surface area contributed by atoms with E-state index >= 15 is 0 Å². The maximum Gasteiger partial charge on any atom is 0.0221 e. The quantitative estimate of drug-likeness (QED) is 0.631. The molecule has 0 amide bonds. The van der Waals surface area contributed by atoms with E-state index in [9.17, 15) is 0 Å². The lowest BCUT2D eigenvalue weighted by Gasteiger charge is -2.30. The first-order valence-corrected chi connectivity index (χ1v) is 4.72. The maximum atomic E-state index is 5.96. The number of hydrogen-bond acceptors (Lipinski definition) is 2. The van der Waals surface area contributed by atoms with Crippen LogP contribution in [-0.2, 0) is 0 Å². The van der Waals surface area contributed by atoms with Crippen molar-refractivity contribution in [2.24, 2.45) is 5.73 Å². The summed E-state index contributed by atoms with van der Waals surface area (Å²) >= 11 is 0. The van der Waals surface area contributed by atoms with Crippen molar-refractivity contribution in [3.8, 4) is 0 Å². The van der Waals surface area contributed by atoms with E-state index in [4.69, 9.17) is 5.73 Å². The summed E-state index contributed by atoms with van der Waals surface area (Å²) in [5.74, 6) is 0. The Hall–Kier alpha value is -0.0800. The molecule has 1 saturated carbocycles. The van der Waals surface area contributed by atoms with E-state index in [1.54, 1.807) is 0 Å². The number of hydrogen-bond donors (Lipinski definition) is 2. The first-order chi connectivity index (χ1) is 5.20. The van der Waals surface area contributed by atoms with Gasteiger partial charge in [0.1, 0.15) is 0 Å². The molecule has 1 aliphatic rings. The van der Waals surface area contributed by atoms with Gasteiger partial charge in [0.2, 0.25) is 0 Å². The molecule has 3 N–H and O–H groups in total. The summed E-state index contributed by atoms with van der Waals surface area (Å²) in [6, 6.07) is 1.54. The lowest BCUT2D eigenvalue weighted by Crippen LogP contribution is -2.49. The highest BCUT2D eigenvalue weighted by Crippen LogP contribution is 2.16. The van der Waals surface area contributed by atoms with Crippen molar-refractivity contribution >= 4 is 0 Å². The first kappa shape index (κ1) is 9.01. The lowest BCUT2D eigenvalue weighted by molar-refractivity contribution is 0.311. The van der Waals surface area contributed by atoms with Crippen molar-refractivity contribution in [1.82, 2.24) is 5.32 Å².